The summed E-state index contributed by atoms with van der Waals surface area (Å²) in [6.07, 6.45) is 1.50. The Labute approximate surface area is 144 Å². The number of pyridine rings is 1. The van der Waals surface area contributed by atoms with Crippen LogP contribution in [0.4, 0.5) is 5.69 Å². The quantitative estimate of drug-likeness (QED) is 0.641. The number of anilines is 1. The van der Waals surface area contributed by atoms with Gasteiger partial charge in [0.15, 0.2) is 18.4 Å². The Morgan fingerprint density at radius 3 is 2.67 bits per heavy atom. The normalized spacial score (nSPS) is 10.1. The van der Waals surface area contributed by atoms with E-state index in [9.17, 15) is 9.59 Å². The van der Waals surface area contributed by atoms with E-state index in [1.54, 1.807) is 18.2 Å². The van der Waals surface area contributed by atoms with Gasteiger partial charge in [-0.05, 0) is 49.2 Å². The van der Waals surface area contributed by atoms with Crippen LogP contribution in [0.25, 0.3) is 0 Å². The number of nitrogens with one attached hydrogen (secondary N) is 1. The topological polar surface area (TPSA) is 77.5 Å². The molecule has 0 saturated carbocycles. The van der Waals surface area contributed by atoms with E-state index in [1.807, 2.05) is 26.0 Å². The first kappa shape index (κ1) is 17.7. The van der Waals surface area contributed by atoms with Gasteiger partial charge in [-0.3, -0.25) is 4.79 Å². The fourth-order valence-electron chi connectivity index (χ4n) is 1.80. The van der Waals surface area contributed by atoms with Crippen molar-refractivity contribution in [2.75, 3.05) is 18.5 Å². The summed E-state index contributed by atoms with van der Waals surface area (Å²) >= 11 is 5.82. The predicted octanol–water partition coefficient (Wildman–Crippen LogP) is 2.91. The van der Waals surface area contributed by atoms with E-state index in [1.165, 1.54) is 6.20 Å². The monoisotopic (exact) mass is 348 g/mol. The molecule has 0 spiro atoms. The summed E-state index contributed by atoms with van der Waals surface area (Å²) in [6, 6.07) is 8.73. The molecule has 1 amide bonds. The van der Waals surface area contributed by atoms with Crippen LogP contribution < -0.4 is 10.1 Å². The van der Waals surface area contributed by atoms with Gasteiger partial charge in [-0.2, -0.15) is 0 Å². The van der Waals surface area contributed by atoms with Crippen LogP contribution in [0.2, 0.25) is 5.15 Å². The summed E-state index contributed by atoms with van der Waals surface area (Å²) in [5.41, 5.74) is 2.55. The first-order valence-corrected chi connectivity index (χ1v) is 7.59. The van der Waals surface area contributed by atoms with Gasteiger partial charge in [0, 0.05) is 6.20 Å². The number of ether oxygens (including phenoxy) is 2. The number of esters is 1. The number of aromatic nitrogens is 1. The zero-order valence-corrected chi connectivity index (χ0v) is 14.1. The van der Waals surface area contributed by atoms with Gasteiger partial charge in [0.2, 0.25) is 0 Å². The maximum absolute atomic E-state index is 11.7. The zero-order chi connectivity index (χ0) is 17.5. The molecule has 1 aromatic carbocycles. The third kappa shape index (κ3) is 5.24. The van der Waals surface area contributed by atoms with Gasteiger partial charge >= 0.3 is 5.97 Å². The molecular formula is C17H17ClN2O4. The number of nitrogens with zero attached hydrogens (tertiary/aromatic N) is 1. The third-order valence-electron chi connectivity index (χ3n) is 3.23. The van der Waals surface area contributed by atoms with Gasteiger partial charge in [0.25, 0.3) is 5.91 Å². The predicted molar refractivity (Wildman–Crippen MR) is 90.2 cm³/mol. The Hall–Kier alpha value is -2.60. The second-order valence-electron chi connectivity index (χ2n) is 5.09. The highest BCUT2D eigenvalue weighted by molar-refractivity contribution is 6.32. The van der Waals surface area contributed by atoms with Gasteiger partial charge in [0.05, 0.1) is 5.69 Å². The molecule has 0 aliphatic rings. The second-order valence-corrected chi connectivity index (χ2v) is 5.44. The summed E-state index contributed by atoms with van der Waals surface area (Å²) in [5.74, 6) is -0.577. The zero-order valence-electron chi connectivity index (χ0n) is 13.3. The molecule has 0 bridgehead atoms. The van der Waals surface area contributed by atoms with E-state index in [0.717, 1.165) is 11.1 Å². The number of carbonyl (C=O) groups is 2. The summed E-state index contributed by atoms with van der Waals surface area (Å²) in [6.45, 7) is 3.23. The van der Waals surface area contributed by atoms with E-state index < -0.39 is 18.5 Å². The Bertz CT molecular complexity index is 749. The Balaban J connectivity index is 1.75. The van der Waals surface area contributed by atoms with Crippen molar-refractivity contribution in [2.24, 2.45) is 0 Å². The highest BCUT2D eigenvalue weighted by Crippen LogP contribution is 2.17. The average molecular weight is 349 g/mol. The van der Waals surface area contributed by atoms with Crippen LogP contribution in [-0.2, 0) is 14.3 Å². The lowest BCUT2D eigenvalue weighted by Crippen LogP contribution is -2.23. The minimum Gasteiger partial charge on any atom is -0.482 e. The van der Waals surface area contributed by atoms with Crippen molar-refractivity contribution in [1.29, 1.82) is 0 Å². The largest absolute Gasteiger partial charge is 0.482 e. The van der Waals surface area contributed by atoms with Crippen molar-refractivity contribution < 1.29 is 19.1 Å². The number of amides is 1. The van der Waals surface area contributed by atoms with Crippen molar-refractivity contribution >= 4 is 29.2 Å². The van der Waals surface area contributed by atoms with E-state index in [4.69, 9.17) is 21.1 Å². The van der Waals surface area contributed by atoms with Crippen molar-refractivity contribution in [1.82, 2.24) is 4.98 Å². The van der Waals surface area contributed by atoms with Crippen LogP contribution in [0.1, 0.15) is 11.1 Å². The molecule has 0 aliphatic carbocycles. The molecule has 1 N–H and O–H groups in total. The van der Waals surface area contributed by atoms with Crippen molar-refractivity contribution in [3.05, 3.63) is 52.8 Å². The Kier molecular flexibility index (Phi) is 6.14. The number of halogens is 1. The van der Waals surface area contributed by atoms with Crippen LogP contribution in [0.15, 0.2) is 36.5 Å². The maximum atomic E-state index is 11.7. The van der Waals surface area contributed by atoms with Gasteiger partial charge in [-0.25, -0.2) is 9.78 Å². The molecule has 2 aromatic rings. The number of rotatable bonds is 6. The van der Waals surface area contributed by atoms with Crippen LogP contribution in [0, 0.1) is 13.8 Å². The molecule has 0 saturated heterocycles. The molecule has 0 radical (unpaired) electrons. The third-order valence-corrected chi connectivity index (χ3v) is 3.53. The number of aryl methyl sites for hydroxylation is 2. The Morgan fingerprint density at radius 1 is 1.17 bits per heavy atom. The molecular weight excluding hydrogens is 332 g/mol. The molecule has 0 atom stereocenters. The summed E-state index contributed by atoms with van der Waals surface area (Å²) in [7, 11) is 0. The summed E-state index contributed by atoms with van der Waals surface area (Å²) < 4.78 is 10.2. The fraction of sp³-hybridized carbons (Fsp3) is 0.235. The maximum Gasteiger partial charge on any atom is 0.344 e. The minimum absolute atomic E-state index is 0.162. The molecule has 0 unspecified atom stereocenters. The number of hydrogen-bond donors (Lipinski definition) is 1. The lowest BCUT2D eigenvalue weighted by atomic mass is 10.1. The van der Waals surface area contributed by atoms with Gasteiger partial charge in [-0.1, -0.05) is 17.7 Å². The number of benzene rings is 1. The standard InChI is InChI=1S/C17H17ClN2O4/c1-11-5-6-13(8-12(11)2)23-10-16(22)24-9-15(21)20-14-4-3-7-19-17(14)18/h3-8H,9-10H2,1-2H3,(H,20,21). The SMILES string of the molecule is Cc1ccc(OCC(=O)OCC(=O)Nc2cccnc2Cl)cc1C. The van der Waals surface area contributed by atoms with E-state index in [2.05, 4.69) is 10.3 Å². The molecule has 0 fully saturated rings. The first-order valence-electron chi connectivity index (χ1n) is 7.22. The average Bonchev–Trinajstić information content (AvgIpc) is 2.56. The number of hydrogen-bond acceptors (Lipinski definition) is 5. The van der Waals surface area contributed by atoms with E-state index >= 15 is 0 Å². The van der Waals surface area contributed by atoms with Crippen LogP contribution in [0.3, 0.4) is 0 Å². The first-order chi connectivity index (χ1) is 11.5. The van der Waals surface area contributed by atoms with E-state index in [0.29, 0.717) is 11.4 Å². The minimum atomic E-state index is -0.638. The van der Waals surface area contributed by atoms with Crippen LogP contribution >= 0.6 is 11.6 Å². The molecule has 1 aromatic heterocycles. The lowest BCUT2D eigenvalue weighted by Gasteiger charge is -2.09. The van der Waals surface area contributed by atoms with Crippen molar-refractivity contribution in [3.8, 4) is 5.75 Å². The van der Waals surface area contributed by atoms with Crippen molar-refractivity contribution in [2.45, 2.75) is 13.8 Å². The molecule has 6 nitrogen and oxygen atoms in total. The van der Waals surface area contributed by atoms with Gasteiger partial charge < -0.3 is 14.8 Å². The highest BCUT2D eigenvalue weighted by Gasteiger charge is 2.10. The summed E-state index contributed by atoms with van der Waals surface area (Å²) in [4.78, 5) is 27.2. The molecule has 7 heteroatoms. The summed E-state index contributed by atoms with van der Waals surface area (Å²) in [5, 5.41) is 2.66. The lowest BCUT2D eigenvalue weighted by molar-refractivity contribution is -0.149. The van der Waals surface area contributed by atoms with Gasteiger partial charge in [0.1, 0.15) is 5.75 Å². The molecule has 1 heterocycles. The van der Waals surface area contributed by atoms with Crippen LogP contribution in [0.5, 0.6) is 5.75 Å². The fourth-order valence-corrected chi connectivity index (χ4v) is 1.97. The molecule has 24 heavy (non-hydrogen) atoms. The molecule has 2 rings (SSSR count). The molecule has 126 valence electrons. The highest BCUT2D eigenvalue weighted by atomic mass is 35.5. The van der Waals surface area contributed by atoms with Gasteiger partial charge in [-0.15, -0.1) is 0 Å². The number of carbonyl (C=O) groups excluding carboxylic acids is 2. The second kappa shape index (κ2) is 8.31. The molecule has 0 aliphatic heterocycles. The van der Waals surface area contributed by atoms with Crippen LogP contribution in [-0.4, -0.2) is 30.1 Å². The Morgan fingerprint density at radius 2 is 1.96 bits per heavy atom. The van der Waals surface area contributed by atoms with E-state index in [-0.39, 0.29) is 11.8 Å². The smallest absolute Gasteiger partial charge is 0.344 e. The van der Waals surface area contributed by atoms with Crippen molar-refractivity contribution in [3.63, 3.8) is 0 Å².